The summed E-state index contributed by atoms with van der Waals surface area (Å²) in [5.74, 6) is 0.0648. The van der Waals surface area contributed by atoms with Gasteiger partial charge >= 0.3 is 0 Å². The van der Waals surface area contributed by atoms with Crippen LogP contribution in [-0.4, -0.2) is 19.0 Å². The highest BCUT2D eigenvalue weighted by molar-refractivity contribution is 5.99. The molecule has 1 rings (SSSR count). The number of ketones is 1. The lowest BCUT2D eigenvalue weighted by Crippen LogP contribution is -2.21. The van der Waals surface area contributed by atoms with E-state index in [2.05, 4.69) is 0 Å². The highest BCUT2D eigenvalue weighted by Crippen LogP contribution is 2.09. The Morgan fingerprint density at radius 2 is 1.93 bits per heavy atom. The Morgan fingerprint density at radius 1 is 1.36 bits per heavy atom. The number of aryl methyl sites for hydroxylation is 1. The van der Waals surface area contributed by atoms with Crippen LogP contribution < -0.4 is 0 Å². The summed E-state index contributed by atoms with van der Waals surface area (Å²) in [5, 5.41) is 0. The lowest BCUT2D eigenvalue weighted by atomic mass is 10.0. The number of methoxy groups -OCH3 is 1. The molecule has 1 aromatic carbocycles. The van der Waals surface area contributed by atoms with E-state index in [9.17, 15) is 4.79 Å². The first kappa shape index (κ1) is 10.9. The van der Waals surface area contributed by atoms with Gasteiger partial charge in [0.15, 0.2) is 5.78 Å². The number of carbonyl (C=O) groups is 1. The van der Waals surface area contributed by atoms with Gasteiger partial charge in [0.25, 0.3) is 0 Å². The average Bonchev–Trinajstić information content (AvgIpc) is 2.20. The minimum absolute atomic E-state index is 0.0648. The molecular weight excluding hydrogens is 176 g/mol. The van der Waals surface area contributed by atoms with Crippen LogP contribution in [0.3, 0.4) is 0 Å². The van der Waals surface area contributed by atoms with E-state index in [4.69, 9.17) is 4.74 Å². The topological polar surface area (TPSA) is 26.3 Å². The number of Topliss-reactive ketones (excluding diaryl/α,β-unsaturated/α-hetero) is 1. The van der Waals surface area contributed by atoms with Gasteiger partial charge in [0.1, 0.15) is 6.10 Å². The fourth-order valence-electron chi connectivity index (χ4n) is 1.36. The first-order valence-corrected chi connectivity index (χ1v) is 4.82. The zero-order valence-electron chi connectivity index (χ0n) is 8.91. The Balaban J connectivity index is 2.83. The van der Waals surface area contributed by atoms with E-state index in [0.717, 1.165) is 11.1 Å². The summed E-state index contributed by atoms with van der Waals surface area (Å²) in [6, 6.07) is 7.57. The Hall–Kier alpha value is -1.15. The molecule has 2 heteroatoms. The van der Waals surface area contributed by atoms with E-state index in [0.29, 0.717) is 6.42 Å². The van der Waals surface area contributed by atoms with E-state index in [1.165, 1.54) is 0 Å². The third-order valence-electron chi connectivity index (χ3n) is 2.28. The SMILES string of the molecule is CCC(OC)C(=O)c1ccc(C)cc1. The maximum atomic E-state index is 11.8. The molecule has 2 nitrogen and oxygen atoms in total. The second-order valence-corrected chi connectivity index (χ2v) is 3.36. The van der Waals surface area contributed by atoms with Crippen molar-refractivity contribution in [3.63, 3.8) is 0 Å². The van der Waals surface area contributed by atoms with Crippen LogP contribution >= 0.6 is 0 Å². The number of hydrogen-bond donors (Lipinski definition) is 0. The molecule has 0 saturated heterocycles. The molecule has 0 aliphatic carbocycles. The van der Waals surface area contributed by atoms with Crippen molar-refractivity contribution in [2.45, 2.75) is 26.4 Å². The Labute approximate surface area is 84.9 Å². The quantitative estimate of drug-likeness (QED) is 0.685. The second-order valence-electron chi connectivity index (χ2n) is 3.36. The van der Waals surface area contributed by atoms with Crippen LogP contribution in [0.25, 0.3) is 0 Å². The summed E-state index contributed by atoms with van der Waals surface area (Å²) < 4.78 is 5.10. The number of rotatable bonds is 4. The summed E-state index contributed by atoms with van der Waals surface area (Å²) in [4.78, 5) is 11.8. The summed E-state index contributed by atoms with van der Waals surface area (Å²) in [5.41, 5.74) is 1.89. The monoisotopic (exact) mass is 192 g/mol. The van der Waals surface area contributed by atoms with Crippen LogP contribution in [0, 0.1) is 6.92 Å². The van der Waals surface area contributed by atoms with E-state index in [1.807, 2.05) is 38.1 Å². The fraction of sp³-hybridized carbons (Fsp3) is 0.417. The summed E-state index contributed by atoms with van der Waals surface area (Å²) in [6.45, 7) is 3.95. The third-order valence-corrected chi connectivity index (χ3v) is 2.28. The molecule has 0 amide bonds. The van der Waals surface area contributed by atoms with Gasteiger partial charge in [-0.2, -0.15) is 0 Å². The van der Waals surface area contributed by atoms with Gasteiger partial charge in [-0.05, 0) is 13.3 Å². The number of ether oxygens (including phenoxy) is 1. The summed E-state index contributed by atoms with van der Waals surface area (Å²) >= 11 is 0. The van der Waals surface area contributed by atoms with E-state index < -0.39 is 0 Å². The maximum Gasteiger partial charge on any atom is 0.191 e. The Kier molecular flexibility index (Phi) is 3.84. The average molecular weight is 192 g/mol. The molecule has 0 heterocycles. The molecule has 0 aliphatic heterocycles. The lowest BCUT2D eigenvalue weighted by molar-refractivity contribution is 0.0595. The number of benzene rings is 1. The van der Waals surface area contributed by atoms with Crippen LogP contribution in [0.2, 0.25) is 0 Å². The summed E-state index contributed by atoms with van der Waals surface area (Å²) in [7, 11) is 1.57. The van der Waals surface area contributed by atoms with E-state index >= 15 is 0 Å². The van der Waals surface area contributed by atoms with Crippen molar-refractivity contribution in [1.29, 1.82) is 0 Å². The van der Waals surface area contributed by atoms with Gasteiger partial charge < -0.3 is 4.74 Å². The minimum atomic E-state index is -0.308. The Morgan fingerprint density at radius 3 is 2.36 bits per heavy atom. The van der Waals surface area contributed by atoms with E-state index in [1.54, 1.807) is 7.11 Å². The van der Waals surface area contributed by atoms with Gasteiger partial charge in [0.05, 0.1) is 0 Å². The van der Waals surface area contributed by atoms with Crippen molar-refractivity contribution in [2.75, 3.05) is 7.11 Å². The molecule has 0 aromatic heterocycles. The number of carbonyl (C=O) groups excluding carboxylic acids is 1. The van der Waals surface area contributed by atoms with Gasteiger partial charge in [-0.3, -0.25) is 4.79 Å². The van der Waals surface area contributed by atoms with Crippen molar-refractivity contribution < 1.29 is 9.53 Å². The molecule has 0 saturated carbocycles. The maximum absolute atomic E-state index is 11.8. The highest BCUT2D eigenvalue weighted by Gasteiger charge is 2.16. The van der Waals surface area contributed by atoms with Crippen molar-refractivity contribution in [3.05, 3.63) is 35.4 Å². The van der Waals surface area contributed by atoms with Gasteiger partial charge in [-0.1, -0.05) is 36.8 Å². The molecule has 1 atom stereocenters. The van der Waals surface area contributed by atoms with Crippen LogP contribution in [0.5, 0.6) is 0 Å². The third kappa shape index (κ3) is 2.42. The Bertz CT molecular complexity index is 297. The second kappa shape index (κ2) is 4.91. The molecule has 0 radical (unpaired) electrons. The van der Waals surface area contributed by atoms with Crippen molar-refractivity contribution in [1.82, 2.24) is 0 Å². The van der Waals surface area contributed by atoms with Gasteiger partial charge in [0.2, 0.25) is 0 Å². The standard InChI is InChI=1S/C12H16O2/c1-4-11(14-3)12(13)10-7-5-9(2)6-8-10/h5-8,11H,4H2,1-3H3. The highest BCUT2D eigenvalue weighted by atomic mass is 16.5. The molecule has 1 aromatic rings. The lowest BCUT2D eigenvalue weighted by Gasteiger charge is -2.11. The van der Waals surface area contributed by atoms with Crippen molar-refractivity contribution in [2.24, 2.45) is 0 Å². The normalized spacial score (nSPS) is 12.5. The van der Waals surface area contributed by atoms with Gasteiger partial charge in [-0.25, -0.2) is 0 Å². The molecule has 1 unspecified atom stereocenters. The first-order chi connectivity index (χ1) is 6.69. The van der Waals surface area contributed by atoms with Crippen LogP contribution in [-0.2, 0) is 4.74 Å². The van der Waals surface area contributed by atoms with Crippen molar-refractivity contribution in [3.8, 4) is 0 Å². The molecular formula is C12H16O2. The molecule has 0 aliphatic rings. The number of hydrogen-bond acceptors (Lipinski definition) is 2. The van der Waals surface area contributed by atoms with Gasteiger partial charge in [0, 0.05) is 12.7 Å². The molecule has 0 bridgehead atoms. The zero-order valence-corrected chi connectivity index (χ0v) is 8.91. The van der Waals surface area contributed by atoms with Gasteiger partial charge in [-0.15, -0.1) is 0 Å². The predicted molar refractivity (Wildman–Crippen MR) is 56.6 cm³/mol. The zero-order chi connectivity index (χ0) is 10.6. The smallest absolute Gasteiger partial charge is 0.191 e. The first-order valence-electron chi connectivity index (χ1n) is 4.82. The molecule has 0 spiro atoms. The van der Waals surface area contributed by atoms with Crippen molar-refractivity contribution >= 4 is 5.78 Å². The molecule has 0 N–H and O–H groups in total. The van der Waals surface area contributed by atoms with E-state index in [-0.39, 0.29) is 11.9 Å². The largest absolute Gasteiger partial charge is 0.373 e. The fourth-order valence-corrected chi connectivity index (χ4v) is 1.36. The van der Waals surface area contributed by atoms with Crippen LogP contribution in [0.1, 0.15) is 29.3 Å². The molecule has 14 heavy (non-hydrogen) atoms. The predicted octanol–water partition coefficient (Wildman–Crippen LogP) is 2.60. The molecule has 0 fully saturated rings. The minimum Gasteiger partial charge on any atom is -0.373 e. The summed E-state index contributed by atoms with van der Waals surface area (Å²) in [6.07, 6.45) is 0.404. The molecule has 76 valence electrons. The van der Waals surface area contributed by atoms with Crippen LogP contribution in [0.4, 0.5) is 0 Å². The van der Waals surface area contributed by atoms with Crippen LogP contribution in [0.15, 0.2) is 24.3 Å².